The smallest absolute Gasteiger partial charge is 0.223 e. The number of hydrogen-bond donors (Lipinski definition) is 1. The van der Waals surface area contributed by atoms with Crippen LogP contribution in [0, 0.1) is 12.3 Å². The van der Waals surface area contributed by atoms with E-state index in [0.717, 1.165) is 50.5 Å². The van der Waals surface area contributed by atoms with E-state index < -0.39 is 0 Å². The van der Waals surface area contributed by atoms with Crippen molar-refractivity contribution in [2.45, 2.75) is 50.4 Å². The predicted octanol–water partition coefficient (Wildman–Crippen LogP) is 4.96. The number of carbonyl (C=O) groups is 2. The lowest BCUT2D eigenvalue weighted by Crippen LogP contribution is -2.38. The van der Waals surface area contributed by atoms with E-state index in [9.17, 15) is 9.59 Å². The van der Waals surface area contributed by atoms with Gasteiger partial charge in [0.25, 0.3) is 0 Å². The quantitative estimate of drug-likeness (QED) is 0.487. The molecule has 2 aliphatic heterocycles. The first-order valence-corrected chi connectivity index (χ1v) is 12.3. The minimum absolute atomic E-state index is 0.0351. The number of terminal acetylenes is 1. The molecule has 1 atom stereocenters. The molecule has 33 heavy (non-hydrogen) atoms. The Morgan fingerprint density at radius 3 is 2.58 bits per heavy atom. The Morgan fingerprint density at radius 2 is 1.85 bits per heavy atom. The lowest BCUT2D eigenvalue weighted by atomic mass is 9.89. The van der Waals surface area contributed by atoms with Crippen LogP contribution in [0.25, 0.3) is 0 Å². The molecular weight excluding hydrogens is 432 g/mol. The molecule has 0 bridgehead atoms. The maximum absolute atomic E-state index is 12.8. The monoisotopic (exact) mass is 462 g/mol. The van der Waals surface area contributed by atoms with Crippen LogP contribution in [0.2, 0.25) is 5.02 Å². The lowest BCUT2D eigenvalue weighted by Gasteiger charge is -2.32. The Morgan fingerprint density at radius 1 is 1.09 bits per heavy atom. The van der Waals surface area contributed by atoms with Gasteiger partial charge in [-0.2, -0.15) is 0 Å². The van der Waals surface area contributed by atoms with E-state index in [-0.39, 0.29) is 30.4 Å². The van der Waals surface area contributed by atoms with Crippen molar-refractivity contribution in [2.24, 2.45) is 0 Å². The molecule has 2 heterocycles. The number of nitrogens with zero attached hydrogens (tertiary/aromatic N) is 1. The summed E-state index contributed by atoms with van der Waals surface area (Å²) in [5.74, 6) is 3.62. The van der Waals surface area contributed by atoms with Crippen molar-refractivity contribution in [3.8, 4) is 12.3 Å². The van der Waals surface area contributed by atoms with Crippen LogP contribution in [-0.2, 0) is 11.2 Å². The van der Waals surface area contributed by atoms with Gasteiger partial charge in [0, 0.05) is 55.4 Å². The van der Waals surface area contributed by atoms with Gasteiger partial charge in [-0.15, -0.1) is 12.3 Å². The summed E-state index contributed by atoms with van der Waals surface area (Å²) in [6, 6.07) is 14.0. The molecule has 1 N–H and O–H groups in total. The summed E-state index contributed by atoms with van der Waals surface area (Å²) in [6.45, 7) is 3.23. The van der Waals surface area contributed by atoms with Gasteiger partial charge < -0.3 is 10.2 Å². The number of Topliss-reactive ketones (excluding diaryl/α,β-unsaturated/α-hetero) is 1. The Kier molecular flexibility index (Phi) is 7.85. The topological polar surface area (TPSA) is 49.4 Å². The average molecular weight is 463 g/mol. The second kappa shape index (κ2) is 11.0. The van der Waals surface area contributed by atoms with Crippen molar-refractivity contribution in [3.63, 3.8) is 0 Å². The third-order valence-corrected chi connectivity index (χ3v) is 7.24. The number of piperidine rings is 1. The molecule has 2 aliphatic rings. The average Bonchev–Trinajstić information content (AvgIpc) is 3.05. The van der Waals surface area contributed by atoms with E-state index in [4.69, 9.17) is 18.0 Å². The van der Waals surface area contributed by atoms with Crippen molar-refractivity contribution in [3.05, 3.63) is 69.7 Å². The number of nitrogens with one attached hydrogen (secondary N) is 1. The minimum atomic E-state index is 0.0351. The largest absolute Gasteiger partial charge is 0.343 e. The summed E-state index contributed by atoms with van der Waals surface area (Å²) in [4.78, 5) is 27.5. The highest BCUT2D eigenvalue weighted by Gasteiger charge is 2.25. The first-order valence-electron chi connectivity index (χ1n) is 11.9. The second-order valence-corrected chi connectivity index (χ2v) is 9.54. The number of rotatable bonds is 6. The molecule has 172 valence electrons. The van der Waals surface area contributed by atoms with Crippen LogP contribution in [0.4, 0.5) is 0 Å². The van der Waals surface area contributed by atoms with Crippen molar-refractivity contribution in [1.82, 2.24) is 10.2 Å². The molecule has 1 saturated heterocycles. The molecule has 2 aromatic carbocycles. The molecule has 0 aromatic heterocycles. The number of amides is 1. The number of halogens is 1. The molecule has 2 aromatic rings. The second-order valence-electron chi connectivity index (χ2n) is 9.10. The molecule has 0 aliphatic carbocycles. The first kappa shape index (κ1) is 23.5. The van der Waals surface area contributed by atoms with Crippen LogP contribution in [0.5, 0.6) is 0 Å². The van der Waals surface area contributed by atoms with Gasteiger partial charge >= 0.3 is 0 Å². The van der Waals surface area contributed by atoms with E-state index in [0.29, 0.717) is 17.9 Å². The highest BCUT2D eigenvalue weighted by Crippen LogP contribution is 2.30. The molecule has 1 unspecified atom stereocenters. The fourth-order valence-corrected chi connectivity index (χ4v) is 5.17. The van der Waals surface area contributed by atoms with E-state index in [1.54, 1.807) is 0 Å². The zero-order chi connectivity index (χ0) is 23.2. The molecule has 1 fully saturated rings. The Balaban J connectivity index is 1.30. The maximum Gasteiger partial charge on any atom is 0.223 e. The first-order chi connectivity index (χ1) is 16.0. The van der Waals surface area contributed by atoms with Crippen molar-refractivity contribution >= 4 is 23.3 Å². The van der Waals surface area contributed by atoms with Crippen molar-refractivity contribution < 1.29 is 9.59 Å². The van der Waals surface area contributed by atoms with Gasteiger partial charge in [0.1, 0.15) is 0 Å². The van der Waals surface area contributed by atoms with E-state index in [1.807, 2.05) is 29.2 Å². The minimum Gasteiger partial charge on any atom is -0.343 e. The number of fused-ring (bicyclic) bond motifs is 1. The number of carbonyl (C=O) groups excluding carboxylic acids is 2. The third-order valence-electron chi connectivity index (χ3n) is 6.99. The molecule has 0 spiro atoms. The SMILES string of the molecule is C#CCC1CNCCc2cc(C(=O)CCC(=O)N3CCC(c4ccc(Cl)cc4)CC3)ccc21. The Labute approximate surface area is 201 Å². The normalized spacial score (nSPS) is 18.8. The number of ketones is 1. The molecule has 4 rings (SSSR count). The zero-order valence-corrected chi connectivity index (χ0v) is 19.7. The highest BCUT2D eigenvalue weighted by molar-refractivity contribution is 6.30. The molecule has 0 radical (unpaired) electrons. The van der Waals surface area contributed by atoms with Gasteiger partial charge in [-0.3, -0.25) is 9.59 Å². The van der Waals surface area contributed by atoms with Crippen LogP contribution in [0.15, 0.2) is 42.5 Å². The van der Waals surface area contributed by atoms with E-state index >= 15 is 0 Å². The van der Waals surface area contributed by atoms with Gasteiger partial charge in [0.05, 0.1) is 0 Å². The van der Waals surface area contributed by atoms with Crippen LogP contribution in [0.3, 0.4) is 0 Å². The Bertz CT molecular complexity index is 1030. The molecule has 5 heteroatoms. The maximum atomic E-state index is 12.8. The van der Waals surface area contributed by atoms with Gasteiger partial charge in [-0.25, -0.2) is 0 Å². The number of likely N-dealkylation sites (tertiary alicyclic amines) is 1. The van der Waals surface area contributed by atoms with Crippen LogP contribution >= 0.6 is 11.6 Å². The van der Waals surface area contributed by atoms with Gasteiger partial charge in [0.2, 0.25) is 5.91 Å². The summed E-state index contributed by atoms with van der Waals surface area (Å²) in [6.07, 6.45) is 9.53. The summed E-state index contributed by atoms with van der Waals surface area (Å²) in [7, 11) is 0. The Hall–Kier alpha value is -2.61. The number of benzene rings is 2. The van der Waals surface area contributed by atoms with Crippen LogP contribution in [-0.4, -0.2) is 42.8 Å². The lowest BCUT2D eigenvalue weighted by molar-refractivity contribution is -0.132. The molecule has 4 nitrogen and oxygen atoms in total. The molecule has 1 amide bonds. The fraction of sp³-hybridized carbons (Fsp3) is 0.429. The summed E-state index contributed by atoms with van der Waals surface area (Å²) < 4.78 is 0. The fourth-order valence-electron chi connectivity index (χ4n) is 5.05. The third kappa shape index (κ3) is 5.85. The van der Waals surface area contributed by atoms with Crippen molar-refractivity contribution in [1.29, 1.82) is 0 Å². The van der Waals surface area contributed by atoms with Gasteiger partial charge in [-0.05, 0) is 66.6 Å². The van der Waals surface area contributed by atoms with Gasteiger partial charge in [0.15, 0.2) is 5.78 Å². The van der Waals surface area contributed by atoms with E-state index in [1.165, 1.54) is 16.7 Å². The molecule has 0 saturated carbocycles. The standard InChI is InChI=1S/C28H31ClN2O2/c1-2-3-24-19-30-15-12-22-18-23(6-9-26(22)24)27(32)10-11-28(33)31-16-13-21(14-17-31)20-4-7-25(29)8-5-20/h1,4-9,18,21,24,30H,3,10-17,19H2. The predicted molar refractivity (Wildman–Crippen MR) is 133 cm³/mol. The molecular formula is C28H31ClN2O2. The number of hydrogen-bond acceptors (Lipinski definition) is 3. The van der Waals surface area contributed by atoms with Crippen LogP contribution < -0.4 is 5.32 Å². The summed E-state index contributed by atoms with van der Waals surface area (Å²) >= 11 is 5.99. The van der Waals surface area contributed by atoms with Crippen molar-refractivity contribution in [2.75, 3.05) is 26.2 Å². The zero-order valence-electron chi connectivity index (χ0n) is 19.0. The van der Waals surface area contributed by atoms with Crippen LogP contribution in [0.1, 0.15) is 71.0 Å². The summed E-state index contributed by atoms with van der Waals surface area (Å²) in [5.41, 5.74) is 4.42. The highest BCUT2D eigenvalue weighted by atomic mass is 35.5. The van der Waals surface area contributed by atoms with E-state index in [2.05, 4.69) is 29.4 Å². The van der Waals surface area contributed by atoms with Gasteiger partial charge in [-0.1, -0.05) is 35.9 Å². The summed E-state index contributed by atoms with van der Waals surface area (Å²) in [5, 5.41) is 4.18.